The summed E-state index contributed by atoms with van der Waals surface area (Å²) in [7, 11) is 0. The summed E-state index contributed by atoms with van der Waals surface area (Å²) in [6.07, 6.45) is 7.96. The Bertz CT molecular complexity index is 711. The summed E-state index contributed by atoms with van der Waals surface area (Å²) in [6.45, 7) is 2.36. The molecule has 4 fully saturated rings. The van der Waals surface area contributed by atoms with Crippen LogP contribution < -0.4 is 10.6 Å². The Labute approximate surface area is 160 Å². The number of amides is 2. The molecular formula is C22H29FN2O2. The van der Waals surface area contributed by atoms with Crippen molar-refractivity contribution in [2.75, 3.05) is 11.9 Å². The van der Waals surface area contributed by atoms with Crippen molar-refractivity contribution < 1.29 is 14.0 Å². The van der Waals surface area contributed by atoms with Crippen LogP contribution in [0.1, 0.15) is 56.9 Å². The number of carbonyl (C=O) groups excluding carboxylic acids is 2. The second-order valence-electron chi connectivity index (χ2n) is 9.09. The first-order chi connectivity index (χ1) is 12.9. The quantitative estimate of drug-likeness (QED) is 0.736. The van der Waals surface area contributed by atoms with Crippen LogP contribution in [0.4, 0.5) is 10.1 Å². The summed E-state index contributed by atoms with van der Waals surface area (Å²) in [5.74, 6) is 1.80. The molecule has 2 N–H and O–H groups in total. The van der Waals surface area contributed by atoms with Crippen molar-refractivity contribution in [1.29, 1.82) is 0 Å². The van der Waals surface area contributed by atoms with E-state index in [-0.39, 0.29) is 29.3 Å². The van der Waals surface area contributed by atoms with Gasteiger partial charge in [0.15, 0.2) is 0 Å². The summed E-state index contributed by atoms with van der Waals surface area (Å²) in [5, 5.41) is 5.71. The van der Waals surface area contributed by atoms with Crippen molar-refractivity contribution in [2.24, 2.45) is 23.2 Å². The lowest BCUT2D eigenvalue weighted by atomic mass is 9.49. The van der Waals surface area contributed by atoms with E-state index in [1.54, 1.807) is 12.1 Å². The molecule has 4 aliphatic carbocycles. The fraction of sp³-hybridized carbons (Fsp3) is 0.636. The lowest BCUT2D eigenvalue weighted by molar-refractivity contribution is -0.146. The van der Waals surface area contributed by atoms with E-state index < -0.39 is 5.82 Å². The largest absolute Gasteiger partial charge is 0.356 e. The molecule has 0 radical (unpaired) electrons. The minimum Gasteiger partial charge on any atom is -0.356 e. The van der Waals surface area contributed by atoms with Crippen LogP contribution >= 0.6 is 0 Å². The zero-order valence-corrected chi connectivity index (χ0v) is 16.0. The van der Waals surface area contributed by atoms with E-state index in [4.69, 9.17) is 0 Å². The number of hydrogen-bond donors (Lipinski definition) is 2. The Hall–Kier alpha value is -1.91. The van der Waals surface area contributed by atoms with Crippen molar-refractivity contribution in [2.45, 2.75) is 58.3 Å². The van der Waals surface area contributed by atoms with Crippen LogP contribution in [0.2, 0.25) is 0 Å². The molecule has 0 unspecified atom stereocenters. The molecule has 4 saturated carbocycles. The van der Waals surface area contributed by atoms with Gasteiger partial charge in [-0.25, -0.2) is 4.39 Å². The monoisotopic (exact) mass is 372 g/mol. The maximum Gasteiger partial charge on any atom is 0.226 e. The van der Waals surface area contributed by atoms with Gasteiger partial charge in [-0.3, -0.25) is 9.59 Å². The van der Waals surface area contributed by atoms with E-state index in [1.807, 2.05) is 6.92 Å². The van der Waals surface area contributed by atoms with Gasteiger partial charge in [0.05, 0.1) is 5.69 Å². The molecular weight excluding hydrogens is 343 g/mol. The predicted molar refractivity (Wildman–Crippen MR) is 103 cm³/mol. The first-order valence-corrected chi connectivity index (χ1v) is 10.3. The molecule has 27 heavy (non-hydrogen) atoms. The number of benzene rings is 1. The summed E-state index contributed by atoms with van der Waals surface area (Å²) >= 11 is 0. The molecule has 5 heteroatoms. The van der Waals surface area contributed by atoms with E-state index in [0.29, 0.717) is 13.0 Å². The number of rotatable bonds is 6. The molecule has 5 rings (SSSR count). The Morgan fingerprint density at radius 3 is 2.37 bits per heavy atom. The Kier molecular flexibility index (Phi) is 4.95. The van der Waals surface area contributed by atoms with Crippen molar-refractivity contribution >= 4 is 17.5 Å². The Morgan fingerprint density at radius 1 is 1.11 bits per heavy atom. The number of nitrogens with one attached hydrogen (secondary N) is 2. The van der Waals surface area contributed by atoms with Gasteiger partial charge in [0.25, 0.3) is 0 Å². The molecule has 0 spiro atoms. The Balaban J connectivity index is 1.23. The van der Waals surface area contributed by atoms with Crippen LogP contribution in [0, 0.1) is 35.9 Å². The van der Waals surface area contributed by atoms with Gasteiger partial charge in [-0.1, -0.05) is 6.07 Å². The van der Waals surface area contributed by atoms with Gasteiger partial charge in [-0.05, 0) is 87.3 Å². The van der Waals surface area contributed by atoms with Gasteiger partial charge in [0, 0.05) is 18.4 Å². The summed E-state index contributed by atoms with van der Waals surface area (Å²) in [6, 6.07) is 4.66. The van der Waals surface area contributed by atoms with E-state index in [2.05, 4.69) is 10.6 Å². The summed E-state index contributed by atoms with van der Waals surface area (Å²) in [4.78, 5) is 24.9. The zero-order chi connectivity index (χ0) is 19.0. The van der Waals surface area contributed by atoms with Crippen LogP contribution in [-0.4, -0.2) is 18.4 Å². The van der Waals surface area contributed by atoms with Crippen LogP contribution in [0.5, 0.6) is 0 Å². The van der Waals surface area contributed by atoms with Crippen LogP contribution in [0.3, 0.4) is 0 Å². The molecule has 0 aliphatic heterocycles. The highest BCUT2D eigenvalue weighted by atomic mass is 19.1. The summed E-state index contributed by atoms with van der Waals surface area (Å²) in [5.41, 5.74) is 0.981. The van der Waals surface area contributed by atoms with Gasteiger partial charge in [-0.2, -0.15) is 0 Å². The van der Waals surface area contributed by atoms with Gasteiger partial charge in [0.1, 0.15) is 5.82 Å². The lowest BCUT2D eigenvalue weighted by Gasteiger charge is -2.55. The van der Waals surface area contributed by atoms with Gasteiger partial charge >= 0.3 is 0 Å². The molecule has 146 valence electrons. The third-order valence-corrected chi connectivity index (χ3v) is 6.78. The fourth-order valence-electron chi connectivity index (χ4n) is 5.97. The molecule has 4 bridgehead atoms. The maximum atomic E-state index is 13.7. The van der Waals surface area contributed by atoms with E-state index in [9.17, 15) is 14.0 Å². The number of carbonyl (C=O) groups is 2. The highest BCUT2D eigenvalue weighted by molar-refractivity contribution is 5.91. The normalized spacial score (nSPS) is 31.0. The number of aryl methyl sites for hydroxylation is 1. The lowest BCUT2D eigenvalue weighted by Crippen LogP contribution is -2.53. The molecule has 0 saturated heterocycles. The molecule has 0 heterocycles. The van der Waals surface area contributed by atoms with Crippen LogP contribution in [0.25, 0.3) is 0 Å². The Morgan fingerprint density at radius 2 is 1.74 bits per heavy atom. The molecule has 4 nitrogen and oxygen atoms in total. The molecule has 1 aromatic rings. The average molecular weight is 372 g/mol. The molecule has 2 amide bonds. The highest BCUT2D eigenvalue weighted by Gasteiger charge is 2.54. The summed E-state index contributed by atoms with van der Waals surface area (Å²) < 4.78 is 13.7. The van der Waals surface area contributed by atoms with Crippen molar-refractivity contribution in [3.8, 4) is 0 Å². The topological polar surface area (TPSA) is 58.2 Å². The minimum absolute atomic E-state index is 0.137. The van der Waals surface area contributed by atoms with Gasteiger partial charge in [0.2, 0.25) is 11.8 Å². The van der Waals surface area contributed by atoms with Crippen molar-refractivity contribution in [3.05, 3.63) is 29.6 Å². The van der Waals surface area contributed by atoms with E-state index >= 15 is 0 Å². The van der Waals surface area contributed by atoms with Crippen molar-refractivity contribution in [1.82, 2.24) is 5.32 Å². The highest BCUT2D eigenvalue weighted by Crippen LogP contribution is 2.60. The van der Waals surface area contributed by atoms with E-state index in [0.717, 1.165) is 42.6 Å². The first-order valence-electron chi connectivity index (χ1n) is 10.3. The standard InChI is InChI=1S/C22H29FN2O2/c1-14-4-5-18(23)19(7-14)25-20(26)3-2-6-24-21(27)22-11-15-8-16(12-22)10-17(9-15)13-22/h4-5,7,15-17H,2-3,6,8-13H2,1H3,(H,24,27)(H,25,26). The fourth-order valence-corrected chi connectivity index (χ4v) is 5.97. The number of halogens is 1. The molecule has 0 atom stereocenters. The SMILES string of the molecule is Cc1ccc(F)c(NC(=O)CCCNC(=O)C23CC4CC(CC(C4)C2)C3)c1. The van der Waals surface area contributed by atoms with Gasteiger partial charge in [-0.15, -0.1) is 0 Å². The average Bonchev–Trinajstić information content (AvgIpc) is 2.60. The smallest absolute Gasteiger partial charge is 0.226 e. The second kappa shape index (κ2) is 7.25. The van der Waals surface area contributed by atoms with Gasteiger partial charge < -0.3 is 10.6 Å². The molecule has 1 aromatic carbocycles. The second-order valence-corrected chi connectivity index (χ2v) is 9.09. The maximum absolute atomic E-state index is 13.7. The predicted octanol–water partition coefficient (Wildman–Crippen LogP) is 4.19. The minimum atomic E-state index is -0.427. The van der Waals surface area contributed by atoms with E-state index in [1.165, 1.54) is 25.3 Å². The van der Waals surface area contributed by atoms with Crippen LogP contribution in [0.15, 0.2) is 18.2 Å². The first kappa shape index (κ1) is 18.5. The number of hydrogen-bond acceptors (Lipinski definition) is 2. The molecule has 4 aliphatic rings. The third kappa shape index (κ3) is 3.87. The third-order valence-electron chi connectivity index (χ3n) is 6.78. The molecule has 0 aromatic heterocycles. The van der Waals surface area contributed by atoms with Crippen molar-refractivity contribution in [3.63, 3.8) is 0 Å². The zero-order valence-electron chi connectivity index (χ0n) is 16.0. The number of anilines is 1. The van der Waals surface area contributed by atoms with Crippen LogP contribution in [-0.2, 0) is 9.59 Å².